The smallest absolute Gasteiger partial charge is 0.340 e. The van der Waals surface area contributed by atoms with Crippen molar-refractivity contribution in [2.45, 2.75) is 25.9 Å². The molecular weight excluding hydrogens is 337 g/mol. The number of halogens is 3. The van der Waals surface area contributed by atoms with E-state index in [9.17, 15) is 22.8 Å². The van der Waals surface area contributed by atoms with Crippen LogP contribution in [0.15, 0.2) is 18.3 Å². The molecule has 1 N–H and O–H groups in total. The lowest BCUT2D eigenvalue weighted by Crippen LogP contribution is -2.51. The van der Waals surface area contributed by atoms with E-state index in [0.29, 0.717) is 5.82 Å². The minimum Gasteiger partial charge on any atom is -0.340 e. The van der Waals surface area contributed by atoms with Crippen LogP contribution < -0.4 is 5.32 Å². The van der Waals surface area contributed by atoms with Crippen LogP contribution in [0.3, 0.4) is 0 Å². The normalized spacial score (nSPS) is 15.9. The summed E-state index contributed by atoms with van der Waals surface area (Å²) < 4.78 is 37.0. The molecule has 2 rings (SSSR count). The van der Waals surface area contributed by atoms with E-state index in [1.807, 2.05) is 6.92 Å². The minimum atomic E-state index is -4.23. The molecule has 9 heteroatoms. The second-order valence-corrected chi connectivity index (χ2v) is 6.04. The zero-order valence-corrected chi connectivity index (χ0v) is 14.0. The van der Waals surface area contributed by atoms with Crippen LogP contribution in [-0.4, -0.2) is 65.5 Å². The van der Waals surface area contributed by atoms with Crippen molar-refractivity contribution in [2.24, 2.45) is 0 Å². The molecule has 25 heavy (non-hydrogen) atoms. The number of pyridine rings is 1. The number of alkyl halides is 3. The number of aromatic nitrogens is 1. The summed E-state index contributed by atoms with van der Waals surface area (Å²) in [7, 11) is 0. The Balaban J connectivity index is 1.71. The summed E-state index contributed by atoms with van der Waals surface area (Å²) in [6.45, 7) is 1.78. The zero-order valence-electron chi connectivity index (χ0n) is 14.0. The molecule has 6 nitrogen and oxygen atoms in total. The largest absolute Gasteiger partial charge is 0.401 e. The van der Waals surface area contributed by atoms with Gasteiger partial charge in [-0.2, -0.15) is 13.2 Å². The first-order chi connectivity index (χ1) is 11.7. The van der Waals surface area contributed by atoms with Gasteiger partial charge in [-0.05, 0) is 24.6 Å². The number of piperazine rings is 1. The molecule has 0 radical (unpaired) electrons. The average Bonchev–Trinajstić information content (AvgIpc) is 2.52. The highest BCUT2D eigenvalue weighted by Gasteiger charge is 2.32. The molecular formula is C16H21F3N4O2. The maximum Gasteiger partial charge on any atom is 0.401 e. The van der Waals surface area contributed by atoms with Gasteiger partial charge in [-0.3, -0.25) is 14.5 Å². The van der Waals surface area contributed by atoms with Gasteiger partial charge in [0.1, 0.15) is 5.82 Å². The van der Waals surface area contributed by atoms with Crippen molar-refractivity contribution < 1.29 is 22.8 Å². The van der Waals surface area contributed by atoms with Crippen LogP contribution in [0, 0.1) is 6.92 Å². The van der Waals surface area contributed by atoms with E-state index in [2.05, 4.69) is 10.3 Å². The molecule has 0 atom stereocenters. The summed E-state index contributed by atoms with van der Waals surface area (Å²) in [5.41, 5.74) is 0.957. The van der Waals surface area contributed by atoms with Gasteiger partial charge in [-0.15, -0.1) is 0 Å². The topological polar surface area (TPSA) is 65.5 Å². The van der Waals surface area contributed by atoms with Gasteiger partial charge < -0.3 is 10.2 Å². The number of nitrogens with one attached hydrogen (secondary N) is 1. The second-order valence-electron chi connectivity index (χ2n) is 6.04. The maximum absolute atomic E-state index is 12.3. The highest BCUT2D eigenvalue weighted by atomic mass is 19.4. The predicted octanol–water partition coefficient (Wildman–Crippen LogP) is 1.82. The quantitative estimate of drug-likeness (QED) is 0.872. The third kappa shape index (κ3) is 6.69. The summed E-state index contributed by atoms with van der Waals surface area (Å²) in [5.74, 6) is -0.112. The van der Waals surface area contributed by atoms with E-state index in [-0.39, 0.29) is 50.8 Å². The van der Waals surface area contributed by atoms with Crippen LogP contribution in [0.1, 0.15) is 18.4 Å². The van der Waals surface area contributed by atoms with Gasteiger partial charge in [0.15, 0.2) is 0 Å². The van der Waals surface area contributed by atoms with Gasteiger partial charge in [0.05, 0.1) is 6.54 Å². The lowest BCUT2D eigenvalue weighted by molar-refractivity contribution is -0.152. The molecule has 1 aromatic rings. The Hall–Kier alpha value is -2.16. The van der Waals surface area contributed by atoms with Gasteiger partial charge in [0, 0.05) is 45.2 Å². The number of hydrogen-bond acceptors (Lipinski definition) is 4. The molecule has 0 spiro atoms. The van der Waals surface area contributed by atoms with E-state index < -0.39 is 12.7 Å². The molecule has 2 amide bonds. The SMILES string of the molecule is Cc1ccnc(NC(=O)CCC(=O)N2CCN(CC(F)(F)F)CC2)c1. The van der Waals surface area contributed by atoms with Gasteiger partial charge >= 0.3 is 6.18 Å². The minimum absolute atomic E-state index is 0.0111. The molecule has 0 saturated carbocycles. The summed E-state index contributed by atoms with van der Waals surface area (Å²) in [4.78, 5) is 30.7. The van der Waals surface area contributed by atoms with Crippen molar-refractivity contribution in [1.82, 2.24) is 14.8 Å². The second kappa shape index (κ2) is 8.28. The molecule has 138 valence electrons. The number of rotatable bonds is 5. The third-order valence-corrected chi connectivity index (χ3v) is 3.88. The van der Waals surface area contributed by atoms with E-state index in [1.165, 1.54) is 9.80 Å². The average molecular weight is 358 g/mol. The summed E-state index contributed by atoms with van der Waals surface area (Å²) in [5, 5.41) is 2.62. The highest BCUT2D eigenvalue weighted by Crippen LogP contribution is 2.17. The van der Waals surface area contributed by atoms with Crippen molar-refractivity contribution in [3.05, 3.63) is 23.9 Å². The Labute approximate surface area is 144 Å². The van der Waals surface area contributed by atoms with Gasteiger partial charge in [-0.1, -0.05) is 0 Å². The van der Waals surface area contributed by atoms with Crippen molar-refractivity contribution in [2.75, 3.05) is 38.0 Å². The van der Waals surface area contributed by atoms with E-state index in [0.717, 1.165) is 5.56 Å². The fraction of sp³-hybridized carbons (Fsp3) is 0.562. The zero-order chi connectivity index (χ0) is 18.4. The molecule has 1 aliphatic heterocycles. The first-order valence-corrected chi connectivity index (χ1v) is 8.02. The fourth-order valence-corrected chi connectivity index (χ4v) is 2.60. The highest BCUT2D eigenvalue weighted by molar-refractivity contribution is 5.92. The predicted molar refractivity (Wildman–Crippen MR) is 85.9 cm³/mol. The lowest BCUT2D eigenvalue weighted by atomic mass is 10.2. The van der Waals surface area contributed by atoms with Crippen LogP contribution in [0.2, 0.25) is 0 Å². The number of carbonyl (C=O) groups is 2. The molecule has 1 saturated heterocycles. The number of amides is 2. The Morgan fingerprint density at radius 3 is 2.48 bits per heavy atom. The Morgan fingerprint density at radius 1 is 1.20 bits per heavy atom. The number of hydrogen-bond donors (Lipinski definition) is 1. The van der Waals surface area contributed by atoms with E-state index in [1.54, 1.807) is 18.3 Å². The lowest BCUT2D eigenvalue weighted by Gasteiger charge is -2.35. The standard InChI is InChI=1S/C16H21F3N4O2/c1-12-4-5-20-13(10-12)21-14(24)2-3-15(25)23-8-6-22(7-9-23)11-16(17,18)19/h4-5,10H,2-3,6-9,11H2,1H3,(H,20,21,24). The molecule has 2 heterocycles. The van der Waals surface area contributed by atoms with E-state index in [4.69, 9.17) is 0 Å². The van der Waals surface area contributed by atoms with Crippen molar-refractivity contribution in [3.8, 4) is 0 Å². The molecule has 0 aromatic carbocycles. The van der Waals surface area contributed by atoms with Crippen LogP contribution in [0.5, 0.6) is 0 Å². The van der Waals surface area contributed by atoms with Crippen molar-refractivity contribution >= 4 is 17.6 Å². The van der Waals surface area contributed by atoms with E-state index >= 15 is 0 Å². The molecule has 1 aromatic heterocycles. The summed E-state index contributed by atoms with van der Waals surface area (Å²) >= 11 is 0. The van der Waals surface area contributed by atoms with Crippen LogP contribution in [0.25, 0.3) is 0 Å². The number of aryl methyl sites for hydroxylation is 1. The van der Waals surface area contributed by atoms with Crippen LogP contribution >= 0.6 is 0 Å². The monoisotopic (exact) mass is 358 g/mol. The number of carbonyl (C=O) groups excluding carboxylic acids is 2. The molecule has 0 unspecified atom stereocenters. The number of anilines is 1. The number of nitrogens with zero attached hydrogens (tertiary/aromatic N) is 3. The van der Waals surface area contributed by atoms with Gasteiger partial charge in [-0.25, -0.2) is 4.98 Å². The van der Waals surface area contributed by atoms with Gasteiger partial charge in [0.2, 0.25) is 11.8 Å². The molecule has 1 fully saturated rings. The first-order valence-electron chi connectivity index (χ1n) is 8.02. The first kappa shape index (κ1) is 19.2. The molecule has 0 bridgehead atoms. The van der Waals surface area contributed by atoms with Crippen molar-refractivity contribution in [1.29, 1.82) is 0 Å². The molecule has 0 aliphatic carbocycles. The Kier molecular flexibility index (Phi) is 6.35. The van der Waals surface area contributed by atoms with Crippen LogP contribution in [0.4, 0.5) is 19.0 Å². The van der Waals surface area contributed by atoms with Gasteiger partial charge in [0.25, 0.3) is 0 Å². The van der Waals surface area contributed by atoms with Crippen LogP contribution in [-0.2, 0) is 9.59 Å². The van der Waals surface area contributed by atoms with Crippen molar-refractivity contribution in [3.63, 3.8) is 0 Å². The third-order valence-electron chi connectivity index (χ3n) is 3.88. The molecule has 1 aliphatic rings. The maximum atomic E-state index is 12.3. The Bertz CT molecular complexity index is 614. The fourth-order valence-electron chi connectivity index (χ4n) is 2.60. The Morgan fingerprint density at radius 2 is 1.88 bits per heavy atom. The summed E-state index contributed by atoms with van der Waals surface area (Å²) in [6, 6.07) is 3.53. The summed E-state index contributed by atoms with van der Waals surface area (Å²) in [6.07, 6.45) is -2.61.